The van der Waals surface area contributed by atoms with Gasteiger partial charge in [-0.05, 0) is 25.1 Å². The van der Waals surface area contributed by atoms with Crippen molar-refractivity contribution in [2.45, 2.75) is 11.8 Å². The standard InChI is InChI=1S/C16H19FN4O3S/c1-12-9-16(19-11-18-12)20-5-7-21(8-6-20)25(22,23)13-3-4-15(24-2)14(17)10-13/h3-4,9-11H,5-8H2,1-2H3. The van der Waals surface area contributed by atoms with Crippen molar-refractivity contribution >= 4 is 15.8 Å². The fourth-order valence-electron chi connectivity index (χ4n) is 2.73. The highest BCUT2D eigenvalue weighted by atomic mass is 32.2. The molecule has 0 radical (unpaired) electrons. The summed E-state index contributed by atoms with van der Waals surface area (Å²) < 4.78 is 45.4. The van der Waals surface area contributed by atoms with Crippen LogP contribution in [0.25, 0.3) is 0 Å². The predicted octanol–water partition coefficient (Wildman–Crippen LogP) is 1.44. The molecule has 2 aromatic rings. The van der Waals surface area contributed by atoms with Gasteiger partial charge in [0, 0.05) is 37.9 Å². The van der Waals surface area contributed by atoms with Crippen molar-refractivity contribution in [3.63, 3.8) is 0 Å². The van der Waals surface area contributed by atoms with Gasteiger partial charge in [-0.1, -0.05) is 0 Å². The number of nitrogens with zero attached hydrogens (tertiary/aromatic N) is 4. The second kappa shape index (κ2) is 6.93. The van der Waals surface area contributed by atoms with Crippen molar-refractivity contribution in [3.05, 3.63) is 42.1 Å². The van der Waals surface area contributed by atoms with Gasteiger partial charge in [-0.15, -0.1) is 0 Å². The Morgan fingerprint density at radius 2 is 1.84 bits per heavy atom. The Bertz CT molecular complexity index is 867. The molecule has 0 bridgehead atoms. The van der Waals surface area contributed by atoms with Gasteiger partial charge in [0.2, 0.25) is 10.0 Å². The van der Waals surface area contributed by atoms with E-state index in [4.69, 9.17) is 4.74 Å². The molecule has 3 rings (SSSR count). The van der Waals surface area contributed by atoms with Gasteiger partial charge in [0.25, 0.3) is 0 Å². The number of aromatic nitrogens is 2. The number of hydrogen-bond acceptors (Lipinski definition) is 6. The van der Waals surface area contributed by atoms with Crippen molar-refractivity contribution in [1.29, 1.82) is 0 Å². The zero-order chi connectivity index (χ0) is 18.0. The first-order valence-corrected chi connectivity index (χ1v) is 9.23. The third-order valence-corrected chi connectivity index (χ3v) is 6.01. The molecule has 0 N–H and O–H groups in total. The predicted molar refractivity (Wildman–Crippen MR) is 90.7 cm³/mol. The van der Waals surface area contributed by atoms with Gasteiger partial charge in [0.05, 0.1) is 12.0 Å². The number of piperazine rings is 1. The molecule has 2 heterocycles. The molecule has 25 heavy (non-hydrogen) atoms. The van der Waals surface area contributed by atoms with Crippen molar-refractivity contribution in [2.24, 2.45) is 0 Å². The number of halogens is 1. The Hall–Kier alpha value is -2.26. The lowest BCUT2D eigenvalue weighted by Crippen LogP contribution is -2.49. The molecule has 1 aliphatic rings. The molecule has 0 spiro atoms. The summed E-state index contributed by atoms with van der Waals surface area (Å²) in [5, 5.41) is 0. The van der Waals surface area contributed by atoms with Gasteiger partial charge in [-0.2, -0.15) is 4.31 Å². The maximum atomic E-state index is 13.8. The van der Waals surface area contributed by atoms with Crippen LogP contribution in [0.1, 0.15) is 5.69 Å². The van der Waals surface area contributed by atoms with E-state index in [9.17, 15) is 12.8 Å². The van der Waals surface area contributed by atoms with Crippen molar-refractivity contribution < 1.29 is 17.5 Å². The molecule has 9 heteroatoms. The van der Waals surface area contributed by atoms with Crippen LogP contribution in [-0.2, 0) is 10.0 Å². The van der Waals surface area contributed by atoms with Gasteiger partial charge in [-0.3, -0.25) is 0 Å². The quantitative estimate of drug-likeness (QED) is 0.815. The molecule has 0 atom stereocenters. The highest BCUT2D eigenvalue weighted by Gasteiger charge is 2.29. The summed E-state index contributed by atoms with van der Waals surface area (Å²) in [5.74, 6) is 0.0987. The summed E-state index contributed by atoms with van der Waals surface area (Å²) in [5.41, 5.74) is 0.855. The maximum Gasteiger partial charge on any atom is 0.243 e. The monoisotopic (exact) mass is 366 g/mol. The second-order valence-electron chi connectivity index (χ2n) is 5.71. The van der Waals surface area contributed by atoms with Gasteiger partial charge in [0.15, 0.2) is 11.6 Å². The molecule has 0 saturated carbocycles. The lowest BCUT2D eigenvalue weighted by molar-refractivity contribution is 0.379. The third kappa shape index (κ3) is 3.57. The topological polar surface area (TPSA) is 75.6 Å². The largest absolute Gasteiger partial charge is 0.494 e. The average Bonchev–Trinajstić information content (AvgIpc) is 2.61. The van der Waals surface area contributed by atoms with E-state index >= 15 is 0 Å². The van der Waals surface area contributed by atoms with E-state index in [-0.39, 0.29) is 10.6 Å². The summed E-state index contributed by atoms with van der Waals surface area (Å²) in [6, 6.07) is 5.54. The molecule has 7 nitrogen and oxygen atoms in total. The maximum absolute atomic E-state index is 13.8. The second-order valence-corrected chi connectivity index (χ2v) is 7.64. The molecular formula is C16H19FN4O3S. The fraction of sp³-hybridized carbons (Fsp3) is 0.375. The highest BCUT2D eigenvalue weighted by Crippen LogP contribution is 2.24. The molecule has 134 valence electrons. The molecule has 1 fully saturated rings. The van der Waals surface area contributed by atoms with E-state index in [1.165, 1.54) is 29.9 Å². The zero-order valence-corrected chi connectivity index (χ0v) is 14.8. The molecule has 1 aliphatic heterocycles. The Balaban J connectivity index is 1.74. The van der Waals surface area contributed by atoms with Gasteiger partial charge in [-0.25, -0.2) is 22.8 Å². The fourth-order valence-corrected chi connectivity index (χ4v) is 4.16. The Morgan fingerprint density at radius 3 is 2.44 bits per heavy atom. The minimum Gasteiger partial charge on any atom is -0.494 e. The summed E-state index contributed by atoms with van der Waals surface area (Å²) >= 11 is 0. The highest BCUT2D eigenvalue weighted by molar-refractivity contribution is 7.89. The summed E-state index contributed by atoms with van der Waals surface area (Å²) in [7, 11) is -2.41. The molecular weight excluding hydrogens is 347 g/mol. The van der Waals surface area contributed by atoms with Crippen molar-refractivity contribution in [3.8, 4) is 5.75 Å². The zero-order valence-electron chi connectivity index (χ0n) is 14.0. The first kappa shape index (κ1) is 17.6. The lowest BCUT2D eigenvalue weighted by atomic mass is 10.3. The van der Waals surface area contributed by atoms with Crippen LogP contribution in [0.2, 0.25) is 0 Å². The van der Waals surface area contributed by atoms with Crippen LogP contribution in [0, 0.1) is 12.7 Å². The van der Waals surface area contributed by atoms with Crippen LogP contribution in [0.5, 0.6) is 5.75 Å². The Labute approximate surface area is 146 Å². The molecule has 0 unspecified atom stereocenters. The lowest BCUT2D eigenvalue weighted by Gasteiger charge is -2.34. The van der Waals surface area contributed by atoms with Gasteiger partial charge < -0.3 is 9.64 Å². The molecule has 0 amide bonds. The van der Waals surface area contributed by atoms with E-state index in [1.807, 2.05) is 17.9 Å². The third-order valence-electron chi connectivity index (χ3n) is 4.11. The van der Waals surface area contributed by atoms with Crippen LogP contribution in [0.15, 0.2) is 35.5 Å². The summed E-state index contributed by atoms with van der Waals surface area (Å²) in [4.78, 5) is 10.2. The number of benzene rings is 1. The Morgan fingerprint density at radius 1 is 1.12 bits per heavy atom. The molecule has 0 aliphatic carbocycles. The number of ether oxygens (including phenoxy) is 1. The minimum atomic E-state index is -3.74. The SMILES string of the molecule is COc1ccc(S(=O)(=O)N2CCN(c3cc(C)ncn3)CC2)cc1F. The first-order chi connectivity index (χ1) is 11.9. The summed E-state index contributed by atoms with van der Waals surface area (Å²) in [6.45, 7) is 3.50. The normalized spacial score (nSPS) is 16.0. The van der Waals surface area contributed by atoms with E-state index in [0.29, 0.717) is 26.2 Å². The van der Waals surface area contributed by atoms with Crippen LogP contribution in [-0.4, -0.2) is 56.0 Å². The number of rotatable bonds is 4. The molecule has 1 saturated heterocycles. The average molecular weight is 366 g/mol. The number of sulfonamides is 1. The molecule has 1 aromatic heterocycles. The van der Waals surface area contributed by atoms with Gasteiger partial charge in [0.1, 0.15) is 12.1 Å². The summed E-state index contributed by atoms with van der Waals surface area (Å²) in [6.07, 6.45) is 1.49. The first-order valence-electron chi connectivity index (χ1n) is 7.79. The van der Waals surface area contributed by atoms with Crippen LogP contribution < -0.4 is 9.64 Å². The number of aryl methyl sites for hydroxylation is 1. The van der Waals surface area contributed by atoms with Crippen LogP contribution >= 0.6 is 0 Å². The molecule has 1 aromatic carbocycles. The smallest absolute Gasteiger partial charge is 0.243 e. The van der Waals surface area contributed by atoms with E-state index < -0.39 is 15.8 Å². The van der Waals surface area contributed by atoms with Crippen LogP contribution in [0.4, 0.5) is 10.2 Å². The van der Waals surface area contributed by atoms with Gasteiger partial charge >= 0.3 is 0 Å². The minimum absolute atomic E-state index is 0.0166. The van der Waals surface area contributed by atoms with E-state index in [1.54, 1.807) is 0 Å². The van der Waals surface area contributed by atoms with Crippen LogP contribution in [0.3, 0.4) is 0 Å². The van der Waals surface area contributed by atoms with Crippen molar-refractivity contribution in [2.75, 3.05) is 38.2 Å². The van der Waals surface area contributed by atoms with Crippen molar-refractivity contribution in [1.82, 2.24) is 14.3 Å². The number of anilines is 1. The van der Waals surface area contributed by atoms with E-state index in [0.717, 1.165) is 17.6 Å². The number of hydrogen-bond donors (Lipinski definition) is 0. The van der Waals surface area contributed by atoms with E-state index in [2.05, 4.69) is 9.97 Å². The Kier molecular flexibility index (Phi) is 4.87. The number of methoxy groups -OCH3 is 1.